The predicted octanol–water partition coefficient (Wildman–Crippen LogP) is 1.98. The highest BCUT2D eigenvalue weighted by molar-refractivity contribution is 8.80. The highest BCUT2D eigenvalue weighted by Gasteiger charge is 2.75. The second-order valence-electron chi connectivity index (χ2n) is 3.80. The third kappa shape index (κ3) is 1.00. The summed E-state index contributed by atoms with van der Waals surface area (Å²) >= 11 is 1.40. The maximum atomic E-state index is 11.9. The highest BCUT2D eigenvalue weighted by atomic mass is 36.0. The Morgan fingerprint density at radius 1 is 1.47 bits per heavy atom. The van der Waals surface area contributed by atoms with Gasteiger partial charge in [0.25, 0.3) is 0 Å². The first-order valence-electron chi connectivity index (χ1n) is 4.58. The van der Waals surface area contributed by atoms with Crippen molar-refractivity contribution < 1.29 is 8.98 Å². The Balaban J connectivity index is 1.93. The van der Waals surface area contributed by atoms with E-state index in [0.717, 1.165) is 10.6 Å². The molecule has 0 aromatic carbocycles. The lowest BCUT2D eigenvalue weighted by Crippen LogP contribution is -2.10. The maximum Gasteiger partial charge on any atom is 0.214 e. The number of fused-ring (bicyclic) bond motifs is 1. The number of nitrogens with two attached hydrogens (primary N) is 1. The first-order chi connectivity index (χ1) is 7.94. The molecule has 1 unspecified atom stereocenters. The second kappa shape index (κ2) is 2.78. The molecule has 5 heterocycles. The van der Waals surface area contributed by atoms with E-state index in [-0.39, 0.29) is 5.17 Å². The molecule has 0 spiro atoms. The van der Waals surface area contributed by atoms with Crippen molar-refractivity contribution in [2.75, 3.05) is 6.26 Å². The Kier molecular flexibility index (Phi) is 1.78. The van der Waals surface area contributed by atoms with Crippen molar-refractivity contribution >= 4 is 75.7 Å². The molecule has 1 atom stereocenters. The van der Waals surface area contributed by atoms with Gasteiger partial charge in [0.2, 0.25) is 7.14 Å². The quantitative estimate of drug-likeness (QED) is 0.731. The molecule has 4 aliphatic heterocycles. The van der Waals surface area contributed by atoms with Crippen LogP contribution in [-0.2, 0) is 4.57 Å². The molecule has 0 saturated heterocycles. The summed E-state index contributed by atoms with van der Waals surface area (Å²) in [4.78, 5) is 4.19. The minimum absolute atomic E-state index is 0.212. The van der Waals surface area contributed by atoms with Crippen molar-refractivity contribution in [3.63, 3.8) is 0 Å². The Hall–Kier alpha value is -0.000000000000000222. The van der Waals surface area contributed by atoms with Crippen LogP contribution in [-0.4, -0.2) is 11.4 Å². The van der Waals surface area contributed by atoms with Crippen LogP contribution in [0, 0.1) is 0 Å². The van der Waals surface area contributed by atoms with Crippen LogP contribution >= 0.6 is 48.7 Å². The van der Waals surface area contributed by atoms with E-state index < -0.39 is 15.6 Å². The van der Waals surface area contributed by atoms with Crippen LogP contribution < -0.4 is 21.8 Å². The number of halogens is 2. The van der Waals surface area contributed by atoms with Crippen LogP contribution in [0.2, 0.25) is 0 Å². The topological polar surface area (TPSA) is 68.6 Å². The lowest BCUT2D eigenvalue weighted by Gasteiger charge is -2.20. The molecule has 0 saturated carbocycles. The molecule has 5 rings (SSSR count). The van der Waals surface area contributed by atoms with E-state index in [1.807, 2.05) is 6.26 Å². The van der Waals surface area contributed by atoms with Gasteiger partial charge in [0.15, 0.2) is 16.4 Å². The first kappa shape index (κ1) is 10.9. The molecule has 17 heavy (non-hydrogen) atoms. The molecular formula is C8H5Cl2N2O2PS2. The maximum absolute atomic E-state index is 11.9. The first-order valence-corrected chi connectivity index (χ1v) is 10.8. The number of aliphatic imine (C=N–C) groups is 1. The van der Waals surface area contributed by atoms with Crippen molar-refractivity contribution in [1.29, 1.82) is 0 Å². The van der Waals surface area contributed by atoms with Gasteiger partial charge < -0.3 is 14.7 Å². The SMILES string of the molecule is CSC1=C(c2oc3c4c2P34=O)N=C(N)S1(Cl)Cl. The van der Waals surface area contributed by atoms with E-state index in [2.05, 4.69) is 4.99 Å². The number of amidine groups is 1. The third-order valence-corrected chi connectivity index (χ3v) is 11.0. The second-order valence-corrected chi connectivity index (χ2v) is 12.4. The zero-order valence-electron chi connectivity index (χ0n) is 8.36. The van der Waals surface area contributed by atoms with Gasteiger partial charge in [-0.3, -0.25) is 0 Å². The Morgan fingerprint density at radius 2 is 2.12 bits per heavy atom. The summed E-state index contributed by atoms with van der Waals surface area (Å²) in [5.41, 5.74) is 6.95. The molecule has 2 bridgehead atoms. The Labute approximate surface area is 111 Å². The van der Waals surface area contributed by atoms with Crippen LogP contribution in [0.4, 0.5) is 0 Å². The molecule has 90 valence electrons. The third-order valence-electron chi connectivity index (χ3n) is 2.97. The van der Waals surface area contributed by atoms with E-state index in [1.54, 1.807) is 0 Å². The van der Waals surface area contributed by atoms with Crippen molar-refractivity contribution in [1.82, 2.24) is 0 Å². The van der Waals surface area contributed by atoms with Crippen LogP contribution in [0.15, 0.2) is 13.6 Å². The minimum atomic E-state index is -2.24. The molecule has 2 N–H and O–H groups in total. The summed E-state index contributed by atoms with van der Waals surface area (Å²) < 4.78 is 18.1. The largest absolute Gasteiger partial charge is 0.449 e. The van der Waals surface area contributed by atoms with Crippen LogP contribution in [0.5, 0.6) is 0 Å². The van der Waals surface area contributed by atoms with E-state index in [0.29, 0.717) is 21.2 Å². The minimum Gasteiger partial charge on any atom is -0.449 e. The normalized spacial score (nSPS) is 32.3. The summed E-state index contributed by atoms with van der Waals surface area (Å²) in [6.45, 7) is 0. The highest BCUT2D eigenvalue weighted by Crippen LogP contribution is 2.75. The van der Waals surface area contributed by atoms with E-state index in [1.165, 1.54) is 11.8 Å². The van der Waals surface area contributed by atoms with Gasteiger partial charge in [0, 0.05) is 8.46 Å². The molecular weight excluding hydrogens is 322 g/mol. The van der Waals surface area contributed by atoms with Gasteiger partial charge in [-0.15, -0.1) is 11.8 Å². The number of furan rings is 1. The number of thioether (sulfide) groups is 1. The number of hydrogen-bond donors (Lipinski definition) is 1. The molecule has 1 aromatic heterocycles. The smallest absolute Gasteiger partial charge is 0.214 e. The van der Waals surface area contributed by atoms with Crippen molar-refractivity contribution in [3.05, 3.63) is 10.00 Å². The summed E-state index contributed by atoms with van der Waals surface area (Å²) in [6, 6.07) is 0. The van der Waals surface area contributed by atoms with E-state index in [4.69, 9.17) is 31.5 Å². The van der Waals surface area contributed by atoms with Crippen LogP contribution in [0.3, 0.4) is 0 Å². The fraction of sp³-hybridized carbons (Fsp3) is 0.125. The number of nitrogens with zero attached hydrogens (tertiary/aromatic N) is 1. The van der Waals surface area contributed by atoms with Crippen LogP contribution in [0.1, 0.15) is 5.76 Å². The summed E-state index contributed by atoms with van der Waals surface area (Å²) in [5, 5.41) is 1.92. The van der Waals surface area contributed by atoms with Gasteiger partial charge in [0.05, 0.1) is 14.8 Å². The van der Waals surface area contributed by atoms with Gasteiger partial charge in [-0.2, -0.15) is 0 Å². The number of hydrogen-bond acceptors (Lipinski definition) is 5. The summed E-state index contributed by atoms with van der Waals surface area (Å²) in [7, 11) is 7.96. The van der Waals surface area contributed by atoms with E-state index >= 15 is 0 Å². The standard InChI is InChI=1S/C8H5Cl2N2O2PS2/c1-16-7-2(12-8(11)17(7,9)10)3-4-5-6(14-3)15(4,5)13/h1H3,(H2,11,12). The fourth-order valence-electron chi connectivity index (χ4n) is 2.03. The van der Waals surface area contributed by atoms with Crippen molar-refractivity contribution in [2.45, 2.75) is 0 Å². The van der Waals surface area contributed by atoms with Crippen molar-refractivity contribution in [3.8, 4) is 0 Å². The molecule has 0 amide bonds. The zero-order chi connectivity index (χ0) is 12.2. The monoisotopic (exact) mass is 326 g/mol. The molecule has 4 nitrogen and oxygen atoms in total. The molecule has 4 aliphatic rings. The Morgan fingerprint density at radius 3 is 2.59 bits per heavy atom. The van der Waals surface area contributed by atoms with E-state index in [9.17, 15) is 4.57 Å². The van der Waals surface area contributed by atoms with Gasteiger partial charge in [-0.1, -0.05) is 0 Å². The van der Waals surface area contributed by atoms with Crippen molar-refractivity contribution in [2.24, 2.45) is 10.7 Å². The summed E-state index contributed by atoms with van der Waals surface area (Å²) in [6.07, 6.45) is 1.86. The Bertz CT molecular complexity index is 712. The predicted molar refractivity (Wildman–Crippen MR) is 76.6 cm³/mol. The van der Waals surface area contributed by atoms with Gasteiger partial charge >= 0.3 is 0 Å². The number of rotatable bonds is 2. The molecule has 9 heteroatoms. The summed E-state index contributed by atoms with van der Waals surface area (Å²) in [5.74, 6) is 0.557. The fourth-order valence-corrected chi connectivity index (χ4v) is 8.50. The zero-order valence-corrected chi connectivity index (χ0v) is 12.4. The molecule has 1 aromatic rings. The van der Waals surface area contributed by atoms with Crippen LogP contribution in [0.25, 0.3) is 5.70 Å². The van der Waals surface area contributed by atoms with Gasteiger partial charge in [-0.25, -0.2) is 4.99 Å². The van der Waals surface area contributed by atoms with Gasteiger partial charge in [-0.05, 0) is 27.6 Å². The average Bonchev–Trinajstić information content (AvgIpc) is 2.86. The molecule has 0 fully saturated rings. The lowest BCUT2D eigenvalue weighted by molar-refractivity contribution is 0.582. The molecule has 0 aliphatic carbocycles. The lowest BCUT2D eigenvalue weighted by atomic mass is 10.4. The molecule has 0 radical (unpaired) electrons. The average molecular weight is 327 g/mol. The van der Waals surface area contributed by atoms with Gasteiger partial charge in [0.1, 0.15) is 5.70 Å².